The largest absolute Gasteiger partial charge is 0.505 e. The van der Waals surface area contributed by atoms with E-state index in [9.17, 15) is 14.7 Å². The zero-order valence-electron chi connectivity index (χ0n) is 21.7. The zero-order chi connectivity index (χ0) is 28.0. The number of carbonyl (C=O) groups is 2. The molecule has 2 aromatic carbocycles. The van der Waals surface area contributed by atoms with Crippen LogP contribution < -0.4 is 14.4 Å². The van der Waals surface area contributed by atoms with E-state index in [0.29, 0.717) is 44.7 Å². The van der Waals surface area contributed by atoms with Crippen LogP contribution in [0.25, 0.3) is 21.6 Å². The molecule has 40 heavy (non-hydrogen) atoms. The van der Waals surface area contributed by atoms with E-state index in [1.807, 2.05) is 12.1 Å². The van der Waals surface area contributed by atoms with Gasteiger partial charge in [-0.05, 0) is 55.0 Å². The first-order chi connectivity index (χ1) is 19.4. The second kappa shape index (κ2) is 9.97. The summed E-state index contributed by atoms with van der Waals surface area (Å²) in [5, 5.41) is 12.1. The van der Waals surface area contributed by atoms with Crippen LogP contribution in [0.15, 0.2) is 85.1 Å². The van der Waals surface area contributed by atoms with E-state index in [0.717, 1.165) is 4.70 Å². The second-order valence-electron chi connectivity index (χ2n) is 9.15. The third-order valence-corrected chi connectivity index (χ3v) is 7.72. The van der Waals surface area contributed by atoms with E-state index < -0.39 is 17.7 Å². The summed E-state index contributed by atoms with van der Waals surface area (Å²) in [4.78, 5) is 37.9. The Balaban J connectivity index is 1.58. The SMILES string of the molecule is C=CCOc1cccc(C2/C(=C(\O)c3c(C)nc4ccccn34)C(=O)C(=O)N2c2nc3ccc(OC)cc3s2)c1. The van der Waals surface area contributed by atoms with Gasteiger partial charge in [0, 0.05) is 6.20 Å². The minimum atomic E-state index is -0.969. The molecule has 1 aliphatic rings. The number of benzene rings is 2. The maximum Gasteiger partial charge on any atom is 0.301 e. The van der Waals surface area contributed by atoms with Crippen molar-refractivity contribution in [2.75, 3.05) is 18.6 Å². The topological polar surface area (TPSA) is 106 Å². The lowest BCUT2D eigenvalue weighted by Gasteiger charge is -2.23. The first kappa shape index (κ1) is 25.3. The number of thiazole rings is 1. The summed E-state index contributed by atoms with van der Waals surface area (Å²) < 4.78 is 13.6. The van der Waals surface area contributed by atoms with Gasteiger partial charge >= 0.3 is 5.91 Å². The van der Waals surface area contributed by atoms with E-state index >= 15 is 0 Å². The van der Waals surface area contributed by atoms with Gasteiger partial charge in [-0.1, -0.05) is 42.2 Å². The summed E-state index contributed by atoms with van der Waals surface area (Å²) >= 11 is 1.26. The average Bonchev–Trinajstić information content (AvgIpc) is 3.61. The summed E-state index contributed by atoms with van der Waals surface area (Å²) in [5.41, 5.74) is 2.63. The van der Waals surface area contributed by atoms with Gasteiger partial charge in [-0.2, -0.15) is 0 Å². The molecule has 9 nitrogen and oxygen atoms in total. The summed E-state index contributed by atoms with van der Waals surface area (Å²) in [6, 6.07) is 17.0. The molecule has 200 valence electrons. The predicted molar refractivity (Wildman–Crippen MR) is 153 cm³/mol. The van der Waals surface area contributed by atoms with E-state index in [-0.39, 0.29) is 17.9 Å². The number of carbonyl (C=O) groups excluding carboxylic acids is 2. The highest BCUT2D eigenvalue weighted by Gasteiger charge is 2.48. The van der Waals surface area contributed by atoms with E-state index in [1.165, 1.54) is 16.2 Å². The van der Waals surface area contributed by atoms with Gasteiger partial charge in [0.05, 0.1) is 34.6 Å². The maximum absolute atomic E-state index is 13.7. The molecule has 1 N–H and O–H groups in total. The number of aryl methyl sites for hydroxylation is 1. The average molecular weight is 553 g/mol. The van der Waals surface area contributed by atoms with Crippen molar-refractivity contribution in [1.82, 2.24) is 14.4 Å². The standard InChI is InChI=1S/C30H24N4O5S/c1-4-14-39-20-9-7-8-18(15-20)26-24(27(35)25-17(2)31-23-10-5-6-13-33(23)25)28(36)29(37)34(26)30-32-21-12-11-19(38-3)16-22(21)40-30/h4-13,15-16,26,35H,1,14H2,2-3H3/b27-24+. The molecule has 0 radical (unpaired) electrons. The number of fused-ring (bicyclic) bond motifs is 2. The second-order valence-corrected chi connectivity index (χ2v) is 10.2. The normalized spacial score (nSPS) is 16.6. The van der Waals surface area contributed by atoms with Crippen molar-refractivity contribution >= 4 is 49.8 Å². The number of imidazole rings is 1. The van der Waals surface area contributed by atoms with Gasteiger partial charge in [0.15, 0.2) is 10.9 Å². The van der Waals surface area contributed by atoms with Crippen LogP contribution in [-0.2, 0) is 9.59 Å². The molecule has 0 bridgehead atoms. The highest BCUT2D eigenvalue weighted by atomic mass is 32.1. The number of aliphatic hydroxyl groups excluding tert-OH is 1. The number of ketones is 1. The zero-order valence-corrected chi connectivity index (χ0v) is 22.5. The lowest BCUT2D eigenvalue weighted by molar-refractivity contribution is -0.132. The number of hydrogen-bond acceptors (Lipinski definition) is 8. The van der Waals surface area contributed by atoms with Crippen molar-refractivity contribution in [3.8, 4) is 11.5 Å². The smallest absolute Gasteiger partial charge is 0.301 e. The van der Waals surface area contributed by atoms with Crippen LogP contribution in [0.2, 0.25) is 0 Å². The lowest BCUT2D eigenvalue weighted by Crippen LogP contribution is -2.29. The molecule has 3 aromatic heterocycles. The fourth-order valence-electron chi connectivity index (χ4n) is 4.92. The van der Waals surface area contributed by atoms with Gasteiger partial charge in [-0.3, -0.25) is 18.9 Å². The molecule has 0 spiro atoms. The third kappa shape index (κ3) is 4.09. The minimum absolute atomic E-state index is 0.0588. The Morgan fingerprint density at radius 3 is 2.75 bits per heavy atom. The fourth-order valence-corrected chi connectivity index (χ4v) is 5.94. The first-order valence-corrected chi connectivity index (χ1v) is 13.3. The van der Waals surface area contributed by atoms with Gasteiger partial charge in [-0.15, -0.1) is 0 Å². The molecule has 0 saturated carbocycles. The molecule has 1 unspecified atom stereocenters. The molecule has 1 aliphatic heterocycles. The van der Waals surface area contributed by atoms with Crippen molar-refractivity contribution in [2.45, 2.75) is 13.0 Å². The van der Waals surface area contributed by atoms with Crippen molar-refractivity contribution in [3.05, 3.63) is 102 Å². The molecule has 1 saturated heterocycles. The van der Waals surface area contributed by atoms with Crippen LogP contribution in [0.1, 0.15) is 23.0 Å². The van der Waals surface area contributed by atoms with Crippen LogP contribution in [-0.4, -0.2) is 44.9 Å². The van der Waals surface area contributed by atoms with Crippen LogP contribution in [0.5, 0.6) is 11.5 Å². The van der Waals surface area contributed by atoms with Gasteiger partial charge in [0.2, 0.25) is 0 Å². The Hall–Kier alpha value is -4.96. The molecule has 5 aromatic rings. The quantitative estimate of drug-likeness (QED) is 0.124. The summed E-state index contributed by atoms with van der Waals surface area (Å²) in [6.45, 7) is 5.72. The number of methoxy groups -OCH3 is 1. The van der Waals surface area contributed by atoms with Crippen LogP contribution in [0, 0.1) is 6.92 Å². The van der Waals surface area contributed by atoms with Crippen LogP contribution in [0.4, 0.5) is 5.13 Å². The molecule has 1 amide bonds. The number of pyridine rings is 1. The summed E-state index contributed by atoms with van der Waals surface area (Å²) in [5.74, 6) is -0.745. The van der Waals surface area contributed by atoms with Gasteiger partial charge in [-0.25, -0.2) is 9.97 Å². The molecule has 1 atom stereocenters. The predicted octanol–water partition coefficient (Wildman–Crippen LogP) is 5.45. The molecule has 4 heterocycles. The van der Waals surface area contributed by atoms with Crippen molar-refractivity contribution in [3.63, 3.8) is 0 Å². The number of aromatic nitrogens is 3. The Morgan fingerprint density at radius 1 is 1.10 bits per heavy atom. The Kier molecular flexibility index (Phi) is 6.31. The third-order valence-electron chi connectivity index (χ3n) is 6.71. The van der Waals surface area contributed by atoms with E-state index in [2.05, 4.69) is 16.5 Å². The number of anilines is 1. The van der Waals surface area contributed by atoms with Crippen LogP contribution in [0.3, 0.4) is 0 Å². The molecule has 0 aliphatic carbocycles. The fraction of sp³-hybridized carbons (Fsp3) is 0.133. The first-order valence-electron chi connectivity index (χ1n) is 12.4. The van der Waals surface area contributed by atoms with Crippen molar-refractivity contribution in [2.24, 2.45) is 0 Å². The Labute approximate surface area is 233 Å². The number of hydrogen-bond donors (Lipinski definition) is 1. The van der Waals surface area contributed by atoms with E-state index in [4.69, 9.17) is 9.47 Å². The number of amides is 1. The minimum Gasteiger partial charge on any atom is -0.505 e. The number of nitrogens with zero attached hydrogens (tertiary/aromatic N) is 4. The maximum atomic E-state index is 13.7. The summed E-state index contributed by atoms with van der Waals surface area (Å²) in [6.07, 6.45) is 3.38. The van der Waals surface area contributed by atoms with Gasteiger partial charge < -0.3 is 14.6 Å². The summed E-state index contributed by atoms with van der Waals surface area (Å²) in [7, 11) is 1.57. The number of rotatable bonds is 7. The Bertz CT molecular complexity index is 1850. The molecular formula is C30H24N4O5S. The molecule has 6 rings (SSSR count). The molecule has 10 heteroatoms. The lowest BCUT2D eigenvalue weighted by atomic mass is 9.96. The Morgan fingerprint density at radius 2 is 1.95 bits per heavy atom. The number of ether oxygens (including phenoxy) is 2. The van der Waals surface area contributed by atoms with Gasteiger partial charge in [0.1, 0.15) is 29.4 Å². The monoisotopic (exact) mass is 552 g/mol. The number of Topliss-reactive ketones (excluding diaryl/α,β-unsaturated/α-hetero) is 1. The van der Waals surface area contributed by atoms with Crippen molar-refractivity contribution in [1.29, 1.82) is 0 Å². The highest BCUT2D eigenvalue weighted by Crippen LogP contribution is 2.45. The van der Waals surface area contributed by atoms with E-state index in [1.54, 1.807) is 79.2 Å². The van der Waals surface area contributed by atoms with Crippen LogP contribution >= 0.6 is 11.3 Å². The van der Waals surface area contributed by atoms with Gasteiger partial charge in [0.25, 0.3) is 5.78 Å². The highest BCUT2D eigenvalue weighted by molar-refractivity contribution is 7.22. The van der Waals surface area contributed by atoms with Crippen molar-refractivity contribution < 1.29 is 24.2 Å². The molecular weight excluding hydrogens is 528 g/mol. The number of aliphatic hydroxyl groups is 1. The molecule has 1 fully saturated rings.